The van der Waals surface area contributed by atoms with Gasteiger partial charge in [0.1, 0.15) is 0 Å². The van der Waals surface area contributed by atoms with Gasteiger partial charge in [0, 0.05) is 45.8 Å². The van der Waals surface area contributed by atoms with Crippen molar-refractivity contribution in [3.63, 3.8) is 0 Å². The first-order chi connectivity index (χ1) is 14.7. The van der Waals surface area contributed by atoms with Gasteiger partial charge >= 0.3 is 6.03 Å². The molecule has 0 aliphatic carbocycles. The molecule has 0 radical (unpaired) electrons. The van der Waals surface area contributed by atoms with Gasteiger partial charge in [0.05, 0.1) is 4.88 Å². The molecule has 7 heteroatoms. The molecule has 4 rings (SSSR count). The maximum atomic E-state index is 12.6. The summed E-state index contributed by atoms with van der Waals surface area (Å²) >= 11 is 1.45. The Labute approximate surface area is 180 Å². The van der Waals surface area contributed by atoms with Gasteiger partial charge in [-0.15, -0.1) is 11.3 Å². The van der Waals surface area contributed by atoms with Gasteiger partial charge in [0.2, 0.25) is 0 Å². The van der Waals surface area contributed by atoms with Crippen LogP contribution in [-0.4, -0.2) is 61.0 Å². The number of piperazine rings is 1. The van der Waals surface area contributed by atoms with E-state index in [2.05, 4.69) is 39.8 Å². The molecule has 3 aromatic rings. The highest BCUT2D eigenvalue weighted by molar-refractivity contribution is 7.12. The summed E-state index contributed by atoms with van der Waals surface area (Å²) in [7, 11) is 0. The molecule has 1 aromatic heterocycles. The highest BCUT2D eigenvalue weighted by atomic mass is 32.1. The molecule has 30 heavy (non-hydrogen) atoms. The van der Waals surface area contributed by atoms with Gasteiger partial charge in [-0.1, -0.05) is 48.5 Å². The summed E-state index contributed by atoms with van der Waals surface area (Å²) in [6, 6.07) is 18.1. The second-order valence-electron chi connectivity index (χ2n) is 7.36. The highest BCUT2D eigenvalue weighted by Gasteiger charge is 2.21. The van der Waals surface area contributed by atoms with E-state index in [1.807, 2.05) is 40.6 Å². The number of nitrogens with zero attached hydrogens (tertiary/aromatic N) is 2. The molecule has 1 aliphatic heterocycles. The van der Waals surface area contributed by atoms with Gasteiger partial charge in [-0.3, -0.25) is 9.69 Å². The monoisotopic (exact) mass is 422 g/mol. The molecule has 1 fully saturated rings. The maximum absolute atomic E-state index is 12.6. The number of rotatable bonds is 6. The van der Waals surface area contributed by atoms with Crippen LogP contribution in [0, 0.1) is 0 Å². The number of benzene rings is 2. The zero-order chi connectivity index (χ0) is 20.8. The number of urea groups is 1. The van der Waals surface area contributed by atoms with Gasteiger partial charge in [-0.25, -0.2) is 4.79 Å². The summed E-state index contributed by atoms with van der Waals surface area (Å²) in [5, 5.41) is 10.3. The van der Waals surface area contributed by atoms with E-state index < -0.39 is 0 Å². The third-order valence-electron chi connectivity index (χ3n) is 5.43. The van der Waals surface area contributed by atoms with E-state index in [4.69, 9.17) is 0 Å². The molecule has 156 valence electrons. The zero-order valence-corrected chi connectivity index (χ0v) is 17.7. The number of amides is 3. The van der Waals surface area contributed by atoms with Gasteiger partial charge in [0.15, 0.2) is 0 Å². The van der Waals surface area contributed by atoms with E-state index in [9.17, 15) is 9.59 Å². The Morgan fingerprint density at radius 1 is 0.900 bits per heavy atom. The summed E-state index contributed by atoms with van der Waals surface area (Å²) in [5.41, 5.74) is 1.13. The van der Waals surface area contributed by atoms with Crippen LogP contribution in [0.3, 0.4) is 0 Å². The van der Waals surface area contributed by atoms with E-state index in [0.29, 0.717) is 26.2 Å². The number of hydrogen-bond donors (Lipinski definition) is 2. The normalized spacial score (nSPS) is 14.6. The molecule has 0 atom stereocenters. The van der Waals surface area contributed by atoms with Crippen molar-refractivity contribution < 1.29 is 9.59 Å². The van der Waals surface area contributed by atoms with E-state index in [-0.39, 0.29) is 11.9 Å². The van der Waals surface area contributed by atoms with Crippen molar-refractivity contribution in [2.24, 2.45) is 0 Å². The lowest BCUT2D eigenvalue weighted by atomic mass is 10.0. The number of fused-ring (bicyclic) bond motifs is 1. The van der Waals surface area contributed by atoms with Crippen molar-refractivity contribution in [1.29, 1.82) is 0 Å². The summed E-state index contributed by atoms with van der Waals surface area (Å²) < 4.78 is 0. The van der Waals surface area contributed by atoms with Crippen LogP contribution in [0.5, 0.6) is 0 Å². The SMILES string of the molecule is O=C(NCCN1CCN(C(=O)NCc2cccc3ccccc23)CC1)c1cccs1. The Morgan fingerprint density at radius 3 is 2.50 bits per heavy atom. The summed E-state index contributed by atoms with van der Waals surface area (Å²) in [5.74, 6) is -0.0172. The Hall–Kier alpha value is -2.90. The van der Waals surface area contributed by atoms with E-state index >= 15 is 0 Å². The Bertz CT molecular complexity index is 992. The fourth-order valence-corrected chi connectivity index (χ4v) is 4.37. The lowest BCUT2D eigenvalue weighted by molar-refractivity contribution is 0.0946. The quantitative estimate of drug-likeness (QED) is 0.641. The fourth-order valence-electron chi connectivity index (χ4n) is 3.73. The third-order valence-corrected chi connectivity index (χ3v) is 6.30. The Kier molecular flexibility index (Phi) is 6.61. The molecule has 1 saturated heterocycles. The first-order valence-electron chi connectivity index (χ1n) is 10.2. The molecular formula is C23H26N4O2S. The van der Waals surface area contributed by atoms with Crippen LogP contribution in [-0.2, 0) is 6.54 Å². The summed E-state index contributed by atoms with van der Waals surface area (Å²) in [6.45, 7) is 4.95. The standard InChI is InChI=1S/C23H26N4O2S/c28-22(21-9-4-16-30-21)24-10-11-26-12-14-27(15-13-26)23(29)25-17-19-7-3-6-18-5-1-2-8-20(18)19/h1-9,16H,10-15,17H2,(H,24,28)(H,25,29). The highest BCUT2D eigenvalue weighted by Crippen LogP contribution is 2.18. The van der Waals surface area contributed by atoms with Crippen molar-refractivity contribution >= 4 is 34.0 Å². The van der Waals surface area contributed by atoms with Crippen LogP contribution in [0.25, 0.3) is 10.8 Å². The topological polar surface area (TPSA) is 64.7 Å². The largest absolute Gasteiger partial charge is 0.350 e. The third kappa shape index (κ3) is 4.98. The van der Waals surface area contributed by atoms with Crippen molar-refractivity contribution in [2.75, 3.05) is 39.3 Å². The van der Waals surface area contributed by atoms with Crippen LogP contribution in [0.15, 0.2) is 60.0 Å². The van der Waals surface area contributed by atoms with Gasteiger partial charge in [-0.05, 0) is 27.8 Å². The lowest BCUT2D eigenvalue weighted by Gasteiger charge is -2.34. The minimum atomic E-state index is -0.0198. The molecule has 0 unspecified atom stereocenters. The number of nitrogens with one attached hydrogen (secondary N) is 2. The summed E-state index contributed by atoms with van der Waals surface area (Å²) in [6.07, 6.45) is 0. The molecule has 1 aliphatic rings. The van der Waals surface area contributed by atoms with Crippen LogP contribution < -0.4 is 10.6 Å². The molecular weight excluding hydrogens is 396 g/mol. The molecule has 0 saturated carbocycles. The molecule has 3 amide bonds. The second-order valence-corrected chi connectivity index (χ2v) is 8.31. The number of hydrogen-bond acceptors (Lipinski definition) is 4. The predicted octanol–water partition coefficient (Wildman–Crippen LogP) is 3.16. The smallest absolute Gasteiger partial charge is 0.317 e. The first-order valence-corrected chi connectivity index (χ1v) is 11.1. The van der Waals surface area contributed by atoms with Crippen LogP contribution in [0.2, 0.25) is 0 Å². The lowest BCUT2D eigenvalue weighted by Crippen LogP contribution is -2.52. The van der Waals surface area contributed by atoms with Crippen molar-refractivity contribution in [2.45, 2.75) is 6.54 Å². The molecule has 0 bridgehead atoms. The summed E-state index contributed by atoms with van der Waals surface area (Å²) in [4.78, 5) is 29.5. The van der Waals surface area contributed by atoms with E-state index in [0.717, 1.165) is 30.1 Å². The maximum Gasteiger partial charge on any atom is 0.317 e. The van der Waals surface area contributed by atoms with Gasteiger partial charge in [0.25, 0.3) is 5.91 Å². The molecule has 2 heterocycles. The van der Waals surface area contributed by atoms with Crippen molar-refractivity contribution in [1.82, 2.24) is 20.4 Å². The average Bonchev–Trinajstić information content (AvgIpc) is 3.33. The van der Waals surface area contributed by atoms with Crippen molar-refractivity contribution in [3.8, 4) is 0 Å². The molecule has 6 nitrogen and oxygen atoms in total. The average molecular weight is 423 g/mol. The Morgan fingerprint density at radius 2 is 1.70 bits per heavy atom. The number of thiophene rings is 1. The van der Waals surface area contributed by atoms with Gasteiger partial charge < -0.3 is 15.5 Å². The molecule has 2 aromatic carbocycles. The zero-order valence-electron chi connectivity index (χ0n) is 16.8. The number of carbonyl (C=O) groups excluding carboxylic acids is 2. The molecule has 2 N–H and O–H groups in total. The van der Waals surface area contributed by atoms with Crippen LogP contribution in [0.1, 0.15) is 15.2 Å². The predicted molar refractivity (Wildman–Crippen MR) is 121 cm³/mol. The van der Waals surface area contributed by atoms with Gasteiger partial charge in [-0.2, -0.15) is 0 Å². The fraction of sp³-hybridized carbons (Fsp3) is 0.304. The second kappa shape index (κ2) is 9.73. The van der Waals surface area contributed by atoms with Crippen LogP contribution in [0.4, 0.5) is 4.79 Å². The van der Waals surface area contributed by atoms with E-state index in [1.54, 1.807) is 0 Å². The molecule has 0 spiro atoms. The first kappa shape index (κ1) is 20.4. The van der Waals surface area contributed by atoms with Crippen molar-refractivity contribution in [3.05, 3.63) is 70.4 Å². The van der Waals surface area contributed by atoms with Crippen LogP contribution >= 0.6 is 11.3 Å². The number of carbonyl (C=O) groups is 2. The minimum Gasteiger partial charge on any atom is -0.350 e. The Balaban J connectivity index is 1.19. The minimum absolute atomic E-state index is 0.0172. The van der Waals surface area contributed by atoms with E-state index in [1.165, 1.54) is 22.1 Å².